The average Bonchev–Trinajstić information content (AvgIpc) is 2.28. The summed E-state index contributed by atoms with van der Waals surface area (Å²) >= 11 is 0. The second-order valence-electron chi connectivity index (χ2n) is 3.81. The number of amides is 1. The molecule has 0 saturated carbocycles. The molecule has 4 heteroatoms. The first-order valence-corrected chi connectivity index (χ1v) is 5.40. The van der Waals surface area contributed by atoms with Crippen molar-refractivity contribution in [2.24, 2.45) is 0 Å². The molecule has 0 aliphatic rings. The maximum Gasteiger partial charge on any atom is 0.412 e. The third-order valence-corrected chi connectivity index (χ3v) is 2.13. The molecule has 0 radical (unpaired) electrons. The largest absolute Gasteiger partial charge is 0.416 e. The third-order valence-electron chi connectivity index (χ3n) is 2.13. The Morgan fingerprint density at radius 1 is 1.47 bits per heavy atom. The number of rotatable bonds is 5. The molecule has 0 aliphatic carbocycles. The minimum atomic E-state index is -0.590. The summed E-state index contributed by atoms with van der Waals surface area (Å²) in [7, 11) is 0. The predicted molar refractivity (Wildman–Crippen MR) is 65.5 cm³/mol. The van der Waals surface area contributed by atoms with Crippen LogP contribution in [0.2, 0.25) is 0 Å². The Morgan fingerprint density at radius 2 is 2.12 bits per heavy atom. The molecule has 1 aromatic carbocycles. The second kappa shape index (κ2) is 6.70. The molecule has 2 N–H and O–H groups in total. The topological polar surface area (TPSA) is 58.6 Å². The van der Waals surface area contributed by atoms with E-state index in [1.807, 2.05) is 30.3 Å². The van der Waals surface area contributed by atoms with Gasteiger partial charge in [0, 0.05) is 0 Å². The molecule has 0 fully saturated rings. The highest BCUT2D eigenvalue weighted by Crippen LogP contribution is 2.03. The van der Waals surface area contributed by atoms with Crippen LogP contribution in [-0.2, 0) is 11.2 Å². The molecule has 0 saturated heterocycles. The maximum atomic E-state index is 11.3. The van der Waals surface area contributed by atoms with E-state index in [4.69, 9.17) is 4.74 Å². The number of ether oxygens (including phenoxy) is 1. The predicted octanol–water partition coefficient (Wildman–Crippen LogP) is 1.85. The number of hydrogen-bond acceptors (Lipinski definition) is 3. The molecule has 0 spiro atoms. The zero-order valence-corrected chi connectivity index (χ0v) is 9.85. The zero-order valence-electron chi connectivity index (χ0n) is 9.85. The molecule has 1 rings (SSSR count). The van der Waals surface area contributed by atoms with Gasteiger partial charge in [0.05, 0.1) is 18.4 Å². The van der Waals surface area contributed by atoms with Crippen molar-refractivity contribution in [3.05, 3.63) is 48.2 Å². The van der Waals surface area contributed by atoms with Crippen molar-refractivity contribution >= 4 is 6.09 Å². The van der Waals surface area contributed by atoms with Crippen LogP contribution in [-0.4, -0.2) is 23.8 Å². The Kier molecular flexibility index (Phi) is 5.23. The fraction of sp³-hybridized carbons (Fsp3) is 0.308. The summed E-state index contributed by atoms with van der Waals surface area (Å²) < 4.78 is 4.76. The van der Waals surface area contributed by atoms with Gasteiger partial charge in [0.25, 0.3) is 0 Å². The van der Waals surface area contributed by atoms with E-state index in [1.54, 1.807) is 6.92 Å². The third kappa shape index (κ3) is 5.17. The van der Waals surface area contributed by atoms with Crippen molar-refractivity contribution in [1.29, 1.82) is 0 Å². The number of carbonyl (C=O) groups is 1. The SMILES string of the molecule is C=C(C)OC(=O)N[C@H](CO)Cc1ccccc1. The fourth-order valence-corrected chi connectivity index (χ4v) is 1.41. The monoisotopic (exact) mass is 235 g/mol. The number of nitrogens with one attached hydrogen (secondary N) is 1. The molecule has 1 amide bonds. The molecular weight excluding hydrogens is 218 g/mol. The van der Waals surface area contributed by atoms with E-state index >= 15 is 0 Å². The molecule has 0 aromatic heterocycles. The summed E-state index contributed by atoms with van der Waals surface area (Å²) in [5.41, 5.74) is 1.04. The first-order valence-electron chi connectivity index (χ1n) is 5.40. The molecule has 1 aromatic rings. The second-order valence-corrected chi connectivity index (χ2v) is 3.81. The summed E-state index contributed by atoms with van der Waals surface area (Å²) in [6, 6.07) is 9.26. The van der Waals surface area contributed by atoms with Gasteiger partial charge in [-0.15, -0.1) is 0 Å². The summed E-state index contributed by atoms with van der Waals surface area (Å²) in [6.45, 7) is 4.92. The van der Waals surface area contributed by atoms with Crippen molar-refractivity contribution in [2.45, 2.75) is 19.4 Å². The smallest absolute Gasteiger partial charge is 0.412 e. The van der Waals surface area contributed by atoms with Gasteiger partial charge in [0.1, 0.15) is 0 Å². The van der Waals surface area contributed by atoms with Gasteiger partial charge in [-0.1, -0.05) is 36.9 Å². The maximum absolute atomic E-state index is 11.3. The van der Waals surface area contributed by atoms with E-state index < -0.39 is 6.09 Å². The molecule has 0 unspecified atom stereocenters. The summed E-state index contributed by atoms with van der Waals surface area (Å²) in [6.07, 6.45) is -0.0321. The average molecular weight is 235 g/mol. The summed E-state index contributed by atoms with van der Waals surface area (Å²) in [4.78, 5) is 11.3. The Balaban J connectivity index is 2.49. The van der Waals surface area contributed by atoms with Gasteiger partial charge < -0.3 is 15.2 Å². The molecular formula is C13H17NO3. The Hall–Kier alpha value is -1.81. The van der Waals surface area contributed by atoms with Crippen LogP contribution < -0.4 is 5.32 Å². The first kappa shape index (κ1) is 13.3. The Labute approximate surface area is 101 Å². The van der Waals surface area contributed by atoms with Gasteiger partial charge in [-0.05, 0) is 18.9 Å². The van der Waals surface area contributed by atoms with Crippen molar-refractivity contribution in [2.75, 3.05) is 6.61 Å². The van der Waals surface area contributed by atoms with Crippen LogP contribution in [0.5, 0.6) is 0 Å². The lowest BCUT2D eigenvalue weighted by molar-refractivity contribution is 0.162. The number of carbonyl (C=O) groups excluding carboxylic acids is 1. The molecule has 92 valence electrons. The minimum absolute atomic E-state index is 0.139. The van der Waals surface area contributed by atoms with Gasteiger partial charge >= 0.3 is 6.09 Å². The van der Waals surface area contributed by atoms with Crippen LogP contribution in [0.25, 0.3) is 0 Å². The molecule has 1 atom stereocenters. The van der Waals surface area contributed by atoms with Crippen LogP contribution in [0.4, 0.5) is 4.79 Å². The van der Waals surface area contributed by atoms with E-state index in [1.165, 1.54) is 0 Å². The van der Waals surface area contributed by atoms with Gasteiger partial charge in [0.15, 0.2) is 0 Å². The van der Waals surface area contributed by atoms with Crippen molar-refractivity contribution in [1.82, 2.24) is 5.32 Å². The van der Waals surface area contributed by atoms with Crippen LogP contribution in [0.3, 0.4) is 0 Å². The summed E-state index contributed by atoms with van der Waals surface area (Å²) in [5.74, 6) is 0.318. The number of aliphatic hydroxyl groups is 1. The first-order chi connectivity index (χ1) is 8.11. The normalized spacial score (nSPS) is 11.6. The number of aliphatic hydroxyl groups excluding tert-OH is 1. The van der Waals surface area contributed by atoms with Gasteiger partial charge in [-0.3, -0.25) is 0 Å². The van der Waals surface area contributed by atoms with Crippen molar-refractivity contribution in [3.63, 3.8) is 0 Å². The zero-order chi connectivity index (χ0) is 12.7. The molecule has 0 bridgehead atoms. The van der Waals surface area contributed by atoms with Crippen molar-refractivity contribution < 1.29 is 14.6 Å². The van der Waals surface area contributed by atoms with Crippen molar-refractivity contribution in [3.8, 4) is 0 Å². The van der Waals surface area contributed by atoms with E-state index in [0.717, 1.165) is 5.56 Å². The number of allylic oxidation sites excluding steroid dienone is 1. The van der Waals surface area contributed by atoms with E-state index in [-0.39, 0.29) is 12.6 Å². The van der Waals surface area contributed by atoms with Gasteiger partial charge in [-0.2, -0.15) is 0 Å². The van der Waals surface area contributed by atoms with E-state index in [9.17, 15) is 9.90 Å². The summed E-state index contributed by atoms with van der Waals surface area (Å²) in [5, 5.41) is 11.8. The van der Waals surface area contributed by atoms with E-state index in [0.29, 0.717) is 12.2 Å². The van der Waals surface area contributed by atoms with Crippen LogP contribution in [0.15, 0.2) is 42.7 Å². The standard InChI is InChI=1S/C13H17NO3/c1-10(2)17-13(16)14-12(9-15)8-11-6-4-3-5-7-11/h3-7,12,15H,1,8-9H2,2H3,(H,14,16)/t12-/m0/s1. The lowest BCUT2D eigenvalue weighted by Crippen LogP contribution is -2.39. The lowest BCUT2D eigenvalue weighted by atomic mass is 10.1. The number of hydrogen-bond donors (Lipinski definition) is 2. The molecule has 0 aliphatic heterocycles. The lowest BCUT2D eigenvalue weighted by Gasteiger charge is -2.16. The molecule has 4 nitrogen and oxygen atoms in total. The van der Waals surface area contributed by atoms with Crippen LogP contribution >= 0.6 is 0 Å². The molecule has 17 heavy (non-hydrogen) atoms. The van der Waals surface area contributed by atoms with E-state index in [2.05, 4.69) is 11.9 Å². The van der Waals surface area contributed by atoms with Gasteiger partial charge in [0.2, 0.25) is 0 Å². The fourth-order valence-electron chi connectivity index (χ4n) is 1.41. The Bertz CT molecular complexity index is 376. The van der Waals surface area contributed by atoms with Crippen LogP contribution in [0.1, 0.15) is 12.5 Å². The highest BCUT2D eigenvalue weighted by atomic mass is 16.6. The highest BCUT2D eigenvalue weighted by molar-refractivity contribution is 5.68. The Morgan fingerprint density at radius 3 is 2.65 bits per heavy atom. The van der Waals surface area contributed by atoms with Crippen LogP contribution in [0, 0.1) is 0 Å². The molecule has 0 heterocycles. The number of alkyl carbamates (subject to hydrolysis) is 1. The highest BCUT2D eigenvalue weighted by Gasteiger charge is 2.12. The minimum Gasteiger partial charge on any atom is -0.416 e. The quantitative estimate of drug-likeness (QED) is 0.766. The van der Waals surface area contributed by atoms with Gasteiger partial charge in [-0.25, -0.2) is 4.79 Å². The number of benzene rings is 1.